The third-order valence-electron chi connectivity index (χ3n) is 9.86. The molecule has 4 aliphatic heterocycles. The predicted octanol–water partition coefficient (Wildman–Crippen LogP) is 5.48. The molecule has 0 aromatic heterocycles. The Hall–Kier alpha value is -2.03. The molecular weight excluding hydrogens is 520 g/mol. The lowest BCUT2D eigenvalue weighted by Crippen LogP contribution is -2.58. The number of rotatable bonds is 1. The molecule has 0 aromatic carbocycles. The van der Waals surface area contributed by atoms with E-state index in [0.717, 1.165) is 19.3 Å². The zero-order valence-corrected chi connectivity index (χ0v) is 25.5. The van der Waals surface area contributed by atoms with Crippen LogP contribution in [0.4, 0.5) is 0 Å². The van der Waals surface area contributed by atoms with E-state index >= 15 is 0 Å². The molecule has 2 N–H and O–H groups in total. The standard InChI is InChI=1S/C34H48O7/c1-7-22(4)30-23(5)13-14-33(41-30)18-27-17-26(40-33)12-11-21(3)15-20(2)9-8-10-25-19-38-31-29(35)24(6)16-28(32(36)39-27)34(25,31)37/h7-11,16,20,23,26-31,35,37H,12-15,17-19H2,1-6H3/b9-8+,21-11+,22-7+,25-10+/t20-,23-,26+,27+,28-,29-,30+,31+,33+,34+/m0/s1. The molecule has 3 fully saturated rings. The lowest BCUT2D eigenvalue weighted by atomic mass is 9.71. The fourth-order valence-electron chi connectivity index (χ4n) is 7.37. The highest BCUT2D eigenvalue weighted by atomic mass is 16.7. The van der Waals surface area contributed by atoms with Crippen molar-refractivity contribution in [1.82, 2.24) is 0 Å². The van der Waals surface area contributed by atoms with Crippen molar-refractivity contribution in [2.75, 3.05) is 6.61 Å². The van der Waals surface area contributed by atoms with Gasteiger partial charge in [-0.2, -0.15) is 0 Å². The summed E-state index contributed by atoms with van der Waals surface area (Å²) in [7, 11) is 0. The van der Waals surface area contributed by atoms with Gasteiger partial charge in [-0.3, -0.25) is 4.79 Å². The molecule has 7 heteroatoms. The molecule has 4 heterocycles. The summed E-state index contributed by atoms with van der Waals surface area (Å²) in [4.78, 5) is 14.0. The minimum absolute atomic E-state index is 0.0538. The van der Waals surface area contributed by atoms with Gasteiger partial charge in [-0.25, -0.2) is 0 Å². The van der Waals surface area contributed by atoms with Crippen molar-refractivity contribution in [3.05, 3.63) is 58.7 Å². The van der Waals surface area contributed by atoms with E-state index in [-0.39, 0.29) is 24.7 Å². The smallest absolute Gasteiger partial charge is 0.316 e. The molecule has 5 rings (SSSR count). The highest BCUT2D eigenvalue weighted by Gasteiger charge is 2.60. The average molecular weight is 569 g/mol. The normalized spacial score (nSPS) is 47.4. The predicted molar refractivity (Wildman–Crippen MR) is 157 cm³/mol. The summed E-state index contributed by atoms with van der Waals surface area (Å²) in [6, 6.07) is 0. The molecule has 0 unspecified atom stereocenters. The number of aliphatic hydroxyl groups excluding tert-OH is 1. The van der Waals surface area contributed by atoms with Gasteiger partial charge in [0.05, 0.1) is 18.8 Å². The van der Waals surface area contributed by atoms with E-state index in [4.69, 9.17) is 18.9 Å². The van der Waals surface area contributed by atoms with Crippen molar-refractivity contribution in [3.8, 4) is 0 Å². The number of fused-ring (bicyclic) bond motifs is 2. The first-order chi connectivity index (χ1) is 19.5. The minimum Gasteiger partial charge on any atom is -0.462 e. The first-order valence-electron chi connectivity index (χ1n) is 15.4. The number of hydrogen-bond acceptors (Lipinski definition) is 7. The van der Waals surface area contributed by atoms with E-state index in [1.165, 1.54) is 11.1 Å². The Morgan fingerprint density at radius 3 is 2.71 bits per heavy atom. The van der Waals surface area contributed by atoms with Gasteiger partial charge in [0.25, 0.3) is 0 Å². The van der Waals surface area contributed by atoms with Crippen molar-refractivity contribution in [3.63, 3.8) is 0 Å². The Bertz CT molecular complexity index is 1160. The molecule has 1 aliphatic carbocycles. The van der Waals surface area contributed by atoms with Crippen LogP contribution in [0.2, 0.25) is 0 Å². The first-order valence-corrected chi connectivity index (χ1v) is 15.4. The summed E-state index contributed by atoms with van der Waals surface area (Å²) in [5, 5.41) is 23.0. The molecule has 10 atom stereocenters. The molecule has 2 bridgehead atoms. The van der Waals surface area contributed by atoms with E-state index < -0.39 is 41.6 Å². The number of carbonyl (C=O) groups excluding carboxylic acids is 1. The molecule has 0 amide bonds. The average Bonchev–Trinajstić information content (AvgIpc) is 3.27. The van der Waals surface area contributed by atoms with Gasteiger partial charge in [0.1, 0.15) is 29.8 Å². The number of hydrogen-bond donors (Lipinski definition) is 2. The molecular formula is C34H48O7. The number of aliphatic hydroxyl groups is 2. The molecule has 1 spiro atoms. The second kappa shape index (κ2) is 11.9. The van der Waals surface area contributed by atoms with E-state index in [0.29, 0.717) is 36.3 Å². The molecule has 3 saturated heterocycles. The van der Waals surface area contributed by atoms with Crippen molar-refractivity contribution in [1.29, 1.82) is 0 Å². The van der Waals surface area contributed by atoms with Crippen LogP contribution in [0.1, 0.15) is 80.1 Å². The van der Waals surface area contributed by atoms with Crippen LogP contribution in [0, 0.1) is 17.8 Å². The topological polar surface area (TPSA) is 94.5 Å². The molecule has 0 saturated carbocycles. The number of esters is 1. The van der Waals surface area contributed by atoms with Gasteiger partial charge in [-0.05, 0) is 75.5 Å². The van der Waals surface area contributed by atoms with E-state index in [2.05, 4.69) is 45.9 Å². The van der Waals surface area contributed by atoms with Gasteiger partial charge in [0.2, 0.25) is 0 Å². The highest BCUT2D eigenvalue weighted by molar-refractivity contribution is 5.78. The van der Waals surface area contributed by atoms with E-state index in [9.17, 15) is 15.0 Å². The second-order valence-electron chi connectivity index (χ2n) is 13.2. The third kappa shape index (κ3) is 5.94. The SMILES string of the molecule is C/C=C(\C)[C@H]1O[C@]2(CC[C@@H]1C)C[C@H]1C[C@@H](C/C=C(\C)C[C@@H](C)/C=C/C=C3\CO[C@@H]4[C@@H](O)C(C)=C[C@@H](C(=O)O1)[C@]34O)O2. The Balaban J connectivity index is 1.51. The summed E-state index contributed by atoms with van der Waals surface area (Å²) in [6.07, 6.45) is 13.6. The largest absolute Gasteiger partial charge is 0.462 e. The van der Waals surface area contributed by atoms with Crippen LogP contribution in [-0.2, 0) is 23.7 Å². The molecule has 226 valence electrons. The van der Waals surface area contributed by atoms with Crippen LogP contribution >= 0.6 is 0 Å². The second-order valence-corrected chi connectivity index (χ2v) is 13.2. The molecule has 0 radical (unpaired) electrons. The van der Waals surface area contributed by atoms with Gasteiger partial charge >= 0.3 is 5.97 Å². The fourth-order valence-corrected chi connectivity index (χ4v) is 7.37. The van der Waals surface area contributed by atoms with Gasteiger partial charge < -0.3 is 29.2 Å². The van der Waals surface area contributed by atoms with E-state index in [1.54, 1.807) is 13.0 Å². The number of allylic oxidation sites excluding steroid dienone is 5. The lowest BCUT2D eigenvalue weighted by Gasteiger charge is -2.50. The molecule has 41 heavy (non-hydrogen) atoms. The van der Waals surface area contributed by atoms with Gasteiger partial charge in [-0.1, -0.05) is 55.9 Å². The maximum Gasteiger partial charge on any atom is 0.316 e. The van der Waals surface area contributed by atoms with E-state index in [1.807, 2.05) is 19.1 Å². The van der Waals surface area contributed by atoms with Crippen molar-refractivity contribution in [2.45, 2.75) is 122 Å². The van der Waals surface area contributed by atoms with Crippen LogP contribution in [-0.4, -0.2) is 64.7 Å². The Morgan fingerprint density at radius 2 is 1.95 bits per heavy atom. The van der Waals surface area contributed by atoms with Crippen LogP contribution in [0.3, 0.4) is 0 Å². The quantitative estimate of drug-likeness (QED) is 0.320. The van der Waals surface area contributed by atoms with Crippen LogP contribution in [0.25, 0.3) is 0 Å². The summed E-state index contributed by atoms with van der Waals surface area (Å²) in [6.45, 7) is 12.6. The summed E-state index contributed by atoms with van der Waals surface area (Å²) in [5.41, 5.74) is 1.93. The molecule has 7 nitrogen and oxygen atoms in total. The van der Waals surface area contributed by atoms with Gasteiger partial charge in [0.15, 0.2) is 5.79 Å². The zero-order valence-electron chi connectivity index (χ0n) is 25.5. The van der Waals surface area contributed by atoms with Gasteiger partial charge in [-0.15, -0.1) is 0 Å². The lowest BCUT2D eigenvalue weighted by molar-refractivity contribution is -0.329. The summed E-state index contributed by atoms with van der Waals surface area (Å²) < 4.78 is 25.7. The van der Waals surface area contributed by atoms with Crippen LogP contribution in [0.5, 0.6) is 0 Å². The maximum atomic E-state index is 14.0. The molecule has 0 aromatic rings. The zero-order chi connectivity index (χ0) is 29.5. The monoisotopic (exact) mass is 568 g/mol. The van der Waals surface area contributed by atoms with Crippen molar-refractivity contribution >= 4 is 5.97 Å². The van der Waals surface area contributed by atoms with Crippen LogP contribution < -0.4 is 0 Å². The summed E-state index contributed by atoms with van der Waals surface area (Å²) in [5.74, 6) is -1.70. The summed E-state index contributed by atoms with van der Waals surface area (Å²) >= 11 is 0. The fraction of sp³-hybridized carbons (Fsp3) is 0.676. The number of carbonyl (C=O) groups is 1. The third-order valence-corrected chi connectivity index (χ3v) is 9.86. The van der Waals surface area contributed by atoms with Gasteiger partial charge in [0, 0.05) is 19.3 Å². The minimum atomic E-state index is -1.69. The Labute approximate surface area is 245 Å². The van der Waals surface area contributed by atoms with Crippen molar-refractivity contribution < 1.29 is 34.0 Å². The first kappa shape index (κ1) is 30.4. The van der Waals surface area contributed by atoms with Crippen molar-refractivity contribution in [2.24, 2.45) is 17.8 Å². The van der Waals surface area contributed by atoms with Crippen LogP contribution in [0.15, 0.2) is 58.7 Å². The Kier molecular flexibility index (Phi) is 8.85. The highest BCUT2D eigenvalue weighted by Crippen LogP contribution is 2.47. The number of ether oxygens (including phenoxy) is 4. The molecule has 5 aliphatic rings. The Morgan fingerprint density at radius 1 is 1.17 bits per heavy atom. The maximum absolute atomic E-state index is 14.0.